The van der Waals surface area contributed by atoms with Gasteiger partial charge in [0.2, 0.25) is 0 Å². The Kier molecular flexibility index (Phi) is 13.9. The van der Waals surface area contributed by atoms with Crippen LogP contribution in [0.4, 0.5) is 65.9 Å². The van der Waals surface area contributed by atoms with E-state index in [0.29, 0.717) is 56.4 Å². The summed E-state index contributed by atoms with van der Waals surface area (Å²) in [6, 6.07) is 36.4. The summed E-state index contributed by atoms with van der Waals surface area (Å²) < 4.78 is 223. The Balaban J connectivity index is 1.27. The van der Waals surface area contributed by atoms with E-state index in [1.807, 2.05) is 0 Å². The van der Waals surface area contributed by atoms with Gasteiger partial charge in [-0.15, -0.1) is 0 Å². The Labute approximate surface area is 496 Å². The molecule has 0 bridgehead atoms. The zero-order chi connectivity index (χ0) is 63.8. The van der Waals surface area contributed by atoms with Gasteiger partial charge >= 0.3 is 30.9 Å². The Morgan fingerprint density at radius 1 is 0.348 bits per heavy atom. The highest BCUT2D eigenvalue weighted by molar-refractivity contribution is 6.14. The number of nitrogens with zero attached hydrogens (tertiary/aromatic N) is 5. The number of benzene rings is 9. The maximum absolute atomic E-state index is 15.1. The molecule has 0 atom stereocenters. The average Bonchev–Trinajstić information content (AvgIpc) is 1.65. The fourth-order valence-electron chi connectivity index (χ4n) is 12.0. The molecule has 0 saturated carbocycles. The molecule has 5 nitrogen and oxygen atoms in total. The maximum atomic E-state index is 15.1. The second-order valence-electron chi connectivity index (χ2n) is 22.0. The summed E-state index contributed by atoms with van der Waals surface area (Å²) >= 11 is 0. The van der Waals surface area contributed by atoms with Crippen LogP contribution in [0.2, 0.25) is 0 Å². The summed E-state index contributed by atoms with van der Waals surface area (Å²) in [4.78, 5) is 9.80. The quantitative estimate of drug-likeness (QED) is 0.149. The first-order chi connectivity index (χ1) is 41.8. The molecule has 12 rings (SSSR count). The first kappa shape index (κ1) is 59.4. The number of aryl methyl sites for hydroxylation is 5. The molecule has 3 heterocycles. The van der Waals surface area contributed by atoms with E-state index in [4.69, 9.17) is 9.97 Å². The number of rotatable bonds is 7. The van der Waals surface area contributed by atoms with Gasteiger partial charge in [0.25, 0.3) is 0 Å². The van der Waals surface area contributed by atoms with Crippen LogP contribution in [0.1, 0.15) is 61.5 Å². The van der Waals surface area contributed by atoms with E-state index in [2.05, 4.69) is 6.07 Å². The largest absolute Gasteiger partial charge is 0.417 e. The molecule has 9 aromatic carbocycles. The summed E-state index contributed by atoms with van der Waals surface area (Å²) in [6.45, 7) is 7.76. The van der Waals surface area contributed by atoms with Crippen molar-refractivity contribution in [2.75, 3.05) is 0 Å². The summed E-state index contributed by atoms with van der Waals surface area (Å²) in [5.74, 6) is -0.0712. The molecule has 0 aliphatic heterocycles. The SMILES string of the molecule is Cc1ccc(-c2ccc3c4ccc(-c5ccc(C(F)(F)F)cc5C)cc4n(-c4cc(C#N)cc(-n5c6cc(-c7ccc(C)cc7C(F)(F)F)ccc6c6ccc(-c7ccc(C(F)(F)F)cc7C(F)(F)F)cc65)c4-c4nc(C)cc(C)n4)c3c2)c(C(F)(F)F)c1. The average molecular weight is 1230 g/mol. The van der Waals surface area contributed by atoms with E-state index < -0.39 is 64.3 Å². The summed E-state index contributed by atoms with van der Waals surface area (Å²) in [6.07, 6.45) is -25.0. The second kappa shape index (κ2) is 20.9. The van der Waals surface area contributed by atoms with Crippen LogP contribution in [0.3, 0.4) is 0 Å². The minimum atomic E-state index is -5.35. The lowest BCUT2D eigenvalue weighted by atomic mass is 9.95. The molecular weight excluding hydrogens is 1180 g/mol. The Hall–Kier alpha value is -9.90. The molecule has 89 heavy (non-hydrogen) atoms. The minimum absolute atomic E-state index is 0.00686. The smallest absolute Gasteiger partial charge is 0.308 e. The van der Waals surface area contributed by atoms with Gasteiger partial charge in [-0.05, 0) is 164 Å². The Morgan fingerprint density at radius 2 is 0.685 bits per heavy atom. The first-order valence-electron chi connectivity index (χ1n) is 27.2. The number of fused-ring (bicyclic) bond motifs is 6. The summed E-state index contributed by atoms with van der Waals surface area (Å²) in [5.41, 5.74) is -4.59. The Morgan fingerprint density at radius 3 is 1.03 bits per heavy atom. The van der Waals surface area contributed by atoms with Crippen LogP contribution in [0.5, 0.6) is 0 Å². The number of hydrogen-bond acceptors (Lipinski definition) is 3. The van der Waals surface area contributed by atoms with Crippen molar-refractivity contribution in [1.29, 1.82) is 5.26 Å². The van der Waals surface area contributed by atoms with Gasteiger partial charge in [0.05, 0.1) is 78.5 Å². The molecule has 20 heteroatoms. The predicted octanol–water partition coefficient (Wildman–Crippen LogP) is 21.5. The fraction of sp³-hybridized carbons (Fsp3) is 0.145. The second-order valence-corrected chi connectivity index (χ2v) is 22.0. The van der Waals surface area contributed by atoms with Crippen molar-refractivity contribution in [2.45, 2.75) is 65.5 Å². The van der Waals surface area contributed by atoms with Crippen LogP contribution in [0.15, 0.2) is 164 Å². The van der Waals surface area contributed by atoms with Crippen LogP contribution in [0.25, 0.3) is 111 Å². The molecule has 0 radical (unpaired) electrons. The van der Waals surface area contributed by atoms with E-state index in [0.717, 1.165) is 24.3 Å². The highest BCUT2D eigenvalue weighted by Crippen LogP contribution is 2.49. The van der Waals surface area contributed by atoms with Crippen molar-refractivity contribution < 1.29 is 65.9 Å². The lowest BCUT2D eigenvalue weighted by Gasteiger charge is -2.21. The van der Waals surface area contributed by atoms with Crippen molar-refractivity contribution in [2.24, 2.45) is 0 Å². The normalized spacial score (nSPS) is 12.7. The molecule has 0 spiro atoms. The zero-order valence-corrected chi connectivity index (χ0v) is 47.0. The lowest BCUT2D eigenvalue weighted by Crippen LogP contribution is -2.12. The lowest BCUT2D eigenvalue weighted by molar-refractivity contribution is -0.143. The first-order valence-corrected chi connectivity index (χ1v) is 27.2. The van der Waals surface area contributed by atoms with Crippen molar-refractivity contribution in [3.63, 3.8) is 0 Å². The van der Waals surface area contributed by atoms with Gasteiger partial charge < -0.3 is 9.13 Å². The van der Waals surface area contributed by atoms with Crippen LogP contribution in [-0.4, -0.2) is 19.1 Å². The molecular formula is C69H42F15N5. The number of aromatic nitrogens is 4. The standard InChI is InChI=1S/C69H42F15N5/c1-34-6-14-47(54(22-34)67(76,77)78)41-9-17-51-50-16-8-40(46-20-12-44(24-36(46)3)65(70,71)72)28-57(50)88(58(51)29-41)61-26-39(33-85)27-62(63(61)64-86-37(4)25-38(5)87-64)89-59-30-42(48-15-7-35(2)23-55(48)68(79,80)81)10-18-52(59)53-19-11-43(31-60(53)89)49-21-13-45(66(73,74)75)32-56(49)69(82,83)84/h6-32H,1-5H3. The highest BCUT2D eigenvalue weighted by atomic mass is 19.4. The Bertz CT molecular complexity index is 4950. The number of alkyl halides is 15. The molecule has 0 aliphatic rings. The summed E-state index contributed by atoms with van der Waals surface area (Å²) in [5, 5.41) is 12.7. The molecule has 0 aliphatic carbocycles. The van der Waals surface area contributed by atoms with Gasteiger partial charge in [-0.3, -0.25) is 0 Å². The number of nitriles is 1. The fourth-order valence-corrected chi connectivity index (χ4v) is 12.0. The van der Waals surface area contributed by atoms with Crippen molar-refractivity contribution in [3.8, 4) is 73.3 Å². The van der Waals surface area contributed by atoms with Gasteiger partial charge in [0, 0.05) is 32.9 Å². The van der Waals surface area contributed by atoms with Gasteiger partial charge in [0.15, 0.2) is 5.82 Å². The van der Waals surface area contributed by atoms with Gasteiger partial charge in [0.1, 0.15) is 0 Å². The third-order valence-electron chi connectivity index (χ3n) is 15.9. The molecule has 0 saturated heterocycles. The van der Waals surface area contributed by atoms with Crippen LogP contribution in [-0.2, 0) is 30.9 Å². The summed E-state index contributed by atoms with van der Waals surface area (Å²) in [7, 11) is 0. The van der Waals surface area contributed by atoms with Crippen molar-refractivity contribution >= 4 is 43.6 Å². The third-order valence-corrected chi connectivity index (χ3v) is 15.9. The van der Waals surface area contributed by atoms with Gasteiger partial charge in [-0.1, -0.05) is 96.1 Å². The molecule has 0 unspecified atom stereocenters. The maximum Gasteiger partial charge on any atom is 0.417 e. The number of hydrogen-bond donors (Lipinski definition) is 0. The highest BCUT2D eigenvalue weighted by Gasteiger charge is 2.40. The molecule has 0 N–H and O–H groups in total. The molecule has 0 fully saturated rings. The predicted molar refractivity (Wildman–Crippen MR) is 311 cm³/mol. The van der Waals surface area contributed by atoms with Crippen molar-refractivity contribution in [1.82, 2.24) is 19.1 Å². The van der Waals surface area contributed by atoms with E-state index in [9.17, 15) is 31.6 Å². The van der Waals surface area contributed by atoms with Crippen molar-refractivity contribution in [3.05, 3.63) is 225 Å². The molecule has 12 aromatic rings. The van der Waals surface area contributed by atoms with Crippen LogP contribution in [0, 0.1) is 45.9 Å². The van der Waals surface area contributed by atoms with E-state index in [-0.39, 0.29) is 101 Å². The molecule has 0 amide bonds. The van der Waals surface area contributed by atoms with E-state index in [1.54, 1.807) is 48.7 Å². The van der Waals surface area contributed by atoms with E-state index in [1.165, 1.54) is 116 Å². The van der Waals surface area contributed by atoms with E-state index >= 15 is 39.5 Å². The van der Waals surface area contributed by atoms with Gasteiger partial charge in [-0.2, -0.15) is 71.1 Å². The zero-order valence-electron chi connectivity index (χ0n) is 47.0. The topological polar surface area (TPSA) is 59.4 Å². The third kappa shape index (κ3) is 10.6. The molecule has 448 valence electrons. The number of halogens is 15. The van der Waals surface area contributed by atoms with Crippen LogP contribution < -0.4 is 0 Å². The molecule has 3 aromatic heterocycles. The monoisotopic (exact) mass is 1230 g/mol. The minimum Gasteiger partial charge on any atom is -0.308 e. The van der Waals surface area contributed by atoms with Gasteiger partial charge in [-0.25, -0.2) is 9.97 Å². The van der Waals surface area contributed by atoms with Crippen LogP contribution >= 0.6 is 0 Å².